The van der Waals surface area contributed by atoms with Gasteiger partial charge in [0.2, 0.25) is 5.91 Å². The molecule has 26 heavy (non-hydrogen) atoms. The van der Waals surface area contributed by atoms with E-state index < -0.39 is 0 Å². The van der Waals surface area contributed by atoms with Crippen LogP contribution in [-0.4, -0.2) is 53.6 Å². The number of imidazole rings is 1. The topological polar surface area (TPSA) is 70.2 Å². The summed E-state index contributed by atoms with van der Waals surface area (Å²) < 4.78 is 5.29. The summed E-state index contributed by atoms with van der Waals surface area (Å²) in [6, 6.07) is 0. The third kappa shape index (κ3) is 5.44. The molecule has 0 bridgehead atoms. The second-order valence-electron chi connectivity index (χ2n) is 7.58. The van der Waals surface area contributed by atoms with Crippen molar-refractivity contribution in [1.29, 1.82) is 0 Å². The summed E-state index contributed by atoms with van der Waals surface area (Å²) in [7, 11) is 0. The maximum atomic E-state index is 12.1. The number of aromatic nitrogens is 2. The van der Waals surface area contributed by atoms with Gasteiger partial charge in [-0.2, -0.15) is 0 Å². The van der Waals surface area contributed by atoms with Gasteiger partial charge in [0.1, 0.15) is 5.82 Å². The molecule has 146 valence electrons. The molecule has 1 aromatic heterocycles. The van der Waals surface area contributed by atoms with Gasteiger partial charge in [0, 0.05) is 26.1 Å². The van der Waals surface area contributed by atoms with Gasteiger partial charge in [-0.25, -0.2) is 4.98 Å². The first-order valence-electron chi connectivity index (χ1n) is 9.96. The average molecular weight is 383 g/mol. The molecule has 2 N–H and O–H groups in total. The van der Waals surface area contributed by atoms with E-state index >= 15 is 0 Å². The summed E-state index contributed by atoms with van der Waals surface area (Å²) in [5.41, 5.74) is 1.03. The largest absolute Gasteiger partial charge is 0.381 e. The number of aromatic amines is 1. The number of nitrogens with one attached hydrogen (secondary N) is 2. The number of unbranched alkanes of at least 4 members (excludes halogenated alkanes) is 1. The van der Waals surface area contributed by atoms with Gasteiger partial charge in [0.05, 0.1) is 18.2 Å². The van der Waals surface area contributed by atoms with Crippen molar-refractivity contribution >= 4 is 17.5 Å². The normalized spacial score (nSPS) is 22.0. The number of piperidine rings is 1. The predicted octanol–water partition coefficient (Wildman–Crippen LogP) is 2.77. The Bertz CT molecular complexity index is 578. The molecule has 2 aliphatic rings. The summed E-state index contributed by atoms with van der Waals surface area (Å²) in [6.45, 7) is 7.16. The number of hydrogen-bond donors (Lipinski definition) is 2. The molecular formula is C19H31ClN4O2. The van der Waals surface area contributed by atoms with Gasteiger partial charge < -0.3 is 15.0 Å². The summed E-state index contributed by atoms with van der Waals surface area (Å²) in [6.07, 6.45) is 6.32. The van der Waals surface area contributed by atoms with E-state index in [9.17, 15) is 4.79 Å². The van der Waals surface area contributed by atoms with Crippen molar-refractivity contribution in [2.24, 2.45) is 11.8 Å². The van der Waals surface area contributed by atoms with Gasteiger partial charge in [0.25, 0.3) is 0 Å². The van der Waals surface area contributed by atoms with Crippen LogP contribution < -0.4 is 5.32 Å². The second-order valence-corrected chi connectivity index (χ2v) is 7.94. The number of carbonyl (C=O) groups is 1. The highest BCUT2D eigenvalue weighted by Gasteiger charge is 2.25. The molecule has 1 unspecified atom stereocenters. The Balaban J connectivity index is 1.38. The van der Waals surface area contributed by atoms with Gasteiger partial charge in [-0.15, -0.1) is 0 Å². The minimum Gasteiger partial charge on any atom is -0.381 e. The molecule has 2 aliphatic heterocycles. The number of aryl methyl sites for hydroxylation is 1. The molecular weight excluding hydrogens is 352 g/mol. The van der Waals surface area contributed by atoms with Crippen molar-refractivity contribution in [3.8, 4) is 0 Å². The Morgan fingerprint density at radius 3 is 2.88 bits per heavy atom. The predicted molar refractivity (Wildman–Crippen MR) is 102 cm³/mol. The number of likely N-dealkylation sites (tertiary alicyclic amines) is 1. The van der Waals surface area contributed by atoms with Crippen LogP contribution in [0.5, 0.6) is 0 Å². The SMILES string of the molecule is CCCCc1nc(Cl)c(CN2CCC(CNC(=O)C3CCOC3)CC2)[nH]1. The van der Waals surface area contributed by atoms with E-state index in [1.54, 1.807) is 0 Å². The van der Waals surface area contributed by atoms with E-state index in [0.717, 1.165) is 76.2 Å². The lowest BCUT2D eigenvalue weighted by atomic mass is 9.96. The minimum absolute atomic E-state index is 0.0551. The van der Waals surface area contributed by atoms with Crippen molar-refractivity contribution in [2.45, 2.75) is 52.0 Å². The summed E-state index contributed by atoms with van der Waals surface area (Å²) in [5, 5.41) is 3.73. The molecule has 0 aromatic carbocycles. The van der Waals surface area contributed by atoms with Crippen molar-refractivity contribution in [1.82, 2.24) is 20.2 Å². The molecule has 2 saturated heterocycles. The zero-order valence-electron chi connectivity index (χ0n) is 15.7. The molecule has 0 radical (unpaired) electrons. The van der Waals surface area contributed by atoms with Crippen LogP contribution in [0.1, 0.15) is 50.5 Å². The van der Waals surface area contributed by atoms with Gasteiger partial charge in [0.15, 0.2) is 5.15 Å². The fraction of sp³-hybridized carbons (Fsp3) is 0.789. The lowest BCUT2D eigenvalue weighted by Gasteiger charge is -2.31. The molecule has 3 heterocycles. The zero-order valence-corrected chi connectivity index (χ0v) is 16.5. The number of rotatable bonds is 8. The van der Waals surface area contributed by atoms with Crippen LogP contribution in [0.2, 0.25) is 5.15 Å². The van der Waals surface area contributed by atoms with Gasteiger partial charge in [-0.05, 0) is 44.7 Å². The van der Waals surface area contributed by atoms with Gasteiger partial charge >= 0.3 is 0 Å². The number of halogens is 1. The lowest BCUT2D eigenvalue weighted by Crippen LogP contribution is -2.40. The Morgan fingerprint density at radius 2 is 2.19 bits per heavy atom. The van der Waals surface area contributed by atoms with Crippen LogP contribution in [0, 0.1) is 11.8 Å². The van der Waals surface area contributed by atoms with Crippen molar-refractivity contribution in [3.05, 3.63) is 16.7 Å². The summed E-state index contributed by atoms with van der Waals surface area (Å²) in [5.74, 6) is 1.78. The van der Waals surface area contributed by atoms with Gasteiger partial charge in [-0.1, -0.05) is 24.9 Å². The van der Waals surface area contributed by atoms with Crippen LogP contribution in [0.4, 0.5) is 0 Å². The Morgan fingerprint density at radius 1 is 1.38 bits per heavy atom. The fourth-order valence-corrected chi connectivity index (χ4v) is 3.92. The van der Waals surface area contributed by atoms with Crippen molar-refractivity contribution in [2.75, 3.05) is 32.8 Å². The van der Waals surface area contributed by atoms with Crippen LogP contribution in [0.3, 0.4) is 0 Å². The third-order valence-electron chi connectivity index (χ3n) is 5.50. The Labute approximate surface area is 161 Å². The average Bonchev–Trinajstić information content (AvgIpc) is 3.30. The Kier molecular flexibility index (Phi) is 7.34. The molecule has 2 fully saturated rings. The van der Waals surface area contributed by atoms with E-state index in [0.29, 0.717) is 24.3 Å². The minimum atomic E-state index is 0.0551. The molecule has 3 rings (SSSR count). The van der Waals surface area contributed by atoms with Crippen LogP contribution in [0.25, 0.3) is 0 Å². The highest BCUT2D eigenvalue weighted by Crippen LogP contribution is 2.22. The molecule has 0 aliphatic carbocycles. The van der Waals surface area contributed by atoms with E-state index in [2.05, 4.69) is 27.1 Å². The van der Waals surface area contributed by atoms with Gasteiger partial charge in [-0.3, -0.25) is 9.69 Å². The molecule has 6 nitrogen and oxygen atoms in total. The van der Waals surface area contributed by atoms with Crippen LogP contribution >= 0.6 is 11.6 Å². The number of carbonyl (C=O) groups excluding carboxylic acids is 1. The molecule has 7 heteroatoms. The lowest BCUT2D eigenvalue weighted by molar-refractivity contribution is -0.125. The number of nitrogens with zero attached hydrogens (tertiary/aromatic N) is 2. The fourth-order valence-electron chi connectivity index (χ4n) is 3.71. The quantitative estimate of drug-likeness (QED) is 0.725. The molecule has 1 aromatic rings. The summed E-state index contributed by atoms with van der Waals surface area (Å²) in [4.78, 5) is 22.3. The number of ether oxygens (including phenoxy) is 1. The maximum absolute atomic E-state index is 12.1. The molecule has 1 amide bonds. The van der Waals surface area contributed by atoms with Crippen LogP contribution in [-0.2, 0) is 22.5 Å². The second kappa shape index (κ2) is 9.72. The molecule has 0 spiro atoms. The van der Waals surface area contributed by atoms with E-state index in [-0.39, 0.29) is 11.8 Å². The standard InChI is InChI=1S/C19H31ClN4O2/c1-2-3-4-17-22-16(18(20)23-17)12-24-8-5-14(6-9-24)11-21-19(25)15-7-10-26-13-15/h14-15H,2-13H2,1H3,(H,21,25)(H,22,23). The van der Waals surface area contributed by atoms with E-state index in [4.69, 9.17) is 16.3 Å². The third-order valence-corrected chi connectivity index (χ3v) is 5.81. The first kappa shape index (κ1) is 19.6. The Hall–Kier alpha value is -1.11. The monoisotopic (exact) mass is 382 g/mol. The van der Waals surface area contributed by atoms with E-state index in [1.807, 2.05) is 0 Å². The molecule has 1 atom stereocenters. The maximum Gasteiger partial charge on any atom is 0.225 e. The molecule has 0 saturated carbocycles. The first-order chi connectivity index (χ1) is 12.7. The van der Waals surface area contributed by atoms with Crippen LogP contribution in [0.15, 0.2) is 0 Å². The highest BCUT2D eigenvalue weighted by molar-refractivity contribution is 6.30. The van der Waals surface area contributed by atoms with E-state index in [1.165, 1.54) is 0 Å². The number of H-pyrrole nitrogens is 1. The highest BCUT2D eigenvalue weighted by atomic mass is 35.5. The number of hydrogen-bond acceptors (Lipinski definition) is 4. The smallest absolute Gasteiger partial charge is 0.225 e. The van der Waals surface area contributed by atoms with Crippen molar-refractivity contribution in [3.63, 3.8) is 0 Å². The van der Waals surface area contributed by atoms with Crippen molar-refractivity contribution < 1.29 is 9.53 Å². The summed E-state index contributed by atoms with van der Waals surface area (Å²) >= 11 is 6.29. The first-order valence-corrected chi connectivity index (χ1v) is 10.3. The number of amides is 1. The zero-order chi connectivity index (χ0) is 18.4.